The highest BCUT2D eigenvalue weighted by Gasteiger charge is 2.47. The molecule has 0 aliphatic carbocycles. The Kier molecular flexibility index (Phi) is 3.96. The van der Waals surface area contributed by atoms with Crippen molar-refractivity contribution >= 4 is 16.0 Å². The van der Waals surface area contributed by atoms with Crippen molar-refractivity contribution in [2.45, 2.75) is 18.0 Å². The van der Waals surface area contributed by atoms with E-state index in [1.54, 1.807) is 0 Å². The van der Waals surface area contributed by atoms with Gasteiger partial charge in [-0.2, -0.15) is 17.9 Å². The first-order valence-electron chi connectivity index (χ1n) is 4.42. The topological polar surface area (TPSA) is 112 Å². The number of aliphatic carboxylic acids is 1. The molecule has 0 bridgehead atoms. The number of sulfonamides is 1. The fourth-order valence-corrected chi connectivity index (χ4v) is 1.74. The number of aromatic amines is 1. The van der Waals surface area contributed by atoms with Gasteiger partial charge in [0.05, 0.1) is 6.33 Å². The lowest BCUT2D eigenvalue weighted by molar-refractivity contribution is -0.139. The van der Waals surface area contributed by atoms with Crippen molar-refractivity contribution in [3.63, 3.8) is 0 Å². The first kappa shape index (κ1) is 14.4. The molecule has 1 aromatic rings. The van der Waals surface area contributed by atoms with Gasteiger partial charge in [-0.05, 0) is 0 Å². The van der Waals surface area contributed by atoms with Gasteiger partial charge in [0.2, 0.25) is 0 Å². The predicted molar refractivity (Wildman–Crippen MR) is 51.8 cm³/mol. The average molecular weight is 287 g/mol. The van der Waals surface area contributed by atoms with E-state index in [4.69, 9.17) is 5.11 Å². The maximum absolute atomic E-state index is 12.1. The van der Waals surface area contributed by atoms with Gasteiger partial charge in [-0.1, -0.05) is 0 Å². The van der Waals surface area contributed by atoms with Crippen LogP contribution in [0, 0.1) is 0 Å². The highest BCUT2D eigenvalue weighted by atomic mass is 32.2. The molecule has 0 aromatic carbocycles. The molecular formula is C7H8F3N3O4S. The van der Waals surface area contributed by atoms with Crippen molar-refractivity contribution in [3.05, 3.63) is 18.2 Å². The Morgan fingerprint density at radius 3 is 2.56 bits per heavy atom. The molecule has 0 saturated carbocycles. The van der Waals surface area contributed by atoms with E-state index in [0.29, 0.717) is 0 Å². The SMILES string of the molecule is O=C(O)[C@@H](Cc1cnc[nH]1)NS(=O)(=O)C(F)(F)F. The summed E-state index contributed by atoms with van der Waals surface area (Å²) in [4.78, 5) is 16.7. The third-order valence-corrected chi connectivity index (χ3v) is 3.08. The molecule has 11 heteroatoms. The van der Waals surface area contributed by atoms with Crippen LogP contribution in [0.1, 0.15) is 5.69 Å². The van der Waals surface area contributed by atoms with E-state index < -0.39 is 34.0 Å². The second-order valence-corrected chi connectivity index (χ2v) is 4.94. The molecule has 0 saturated heterocycles. The first-order valence-corrected chi connectivity index (χ1v) is 5.90. The van der Waals surface area contributed by atoms with Crippen molar-refractivity contribution in [2.24, 2.45) is 0 Å². The van der Waals surface area contributed by atoms with E-state index in [-0.39, 0.29) is 5.69 Å². The molecule has 0 fully saturated rings. The molecular weight excluding hydrogens is 279 g/mol. The number of carboxylic acids is 1. The molecule has 1 aromatic heterocycles. The molecule has 0 spiro atoms. The fourth-order valence-electron chi connectivity index (χ4n) is 1.05. The van der Waals surface area contributed by atoms with E-state index >= 15 is 0 Å². The molecule has 1 atom stereocenters. The molecule has 7 nitrogen and oxygen atoms in total. The molecule has 3 N–H and O–H groups in total. The van der Waals surface area contributed by atoms with Gasteiger partial charge in [-0.15, -0.1) is 0 Å². The van der Waals surface area contributed by atoms with Crippen molar-refractivity contribution in [2.75, 3.05) is 0 Å². The molecule has 1 heterocycles. The number of hydrogen-bond acceptors (Lipinski definition) is 4. The third-order valence-electron chi connectivity index (χ3n) is 1.88. The number of alkyl halides is 3. The lowest BCUT2D eigenvalue weighted by atomic mass is 10.2. The Hall–Kier alpha value is -1.62. The summed E-state index contributed by atoms with van der Waals surface area (Å²) in [5.41, 5.74) is -5.37. The smallest absolute Gasteiger partial charge is 0.480 e. The Morgan fingerprint density at radius 1 is 1.56 bits per heavy atom. The number of carbonyl (C=O) groups is 1. The van der Waals surface area contributed by atoms with Crippen LogP contribution in [0.15, 0.2) is 12.5 Å². The van der Waals surface area contributed by atoms with Crippen LogP contribution in [0.2, 0.25) is 0 Å². The first-order chi connectivity index (χ1) is 8.13. The van der Waals surface area contributed by atoms with E-state index in [0.717, 1.165) is 4.72 Å². The number of H-pyrrole nitrogens is 1. The summed E-state index contributed by atoms with van der Waals surface area (Å²) < 4.78 is 58.8. The van der Waals surface area contributed by atoms with Crippen LogP contribution in [-0.4, -0.2) is 41.0 Å². The number of aromatic nitrogens is 2. The van der Waals surface area contributed by atoms with Gasteiger partial charge in [0.25, 0.3) is 0 Å². The zero-order valence-corrected chi connectivity index (χ0v) is 9.42. The van der Waals surface area contributed by atoms with E-state index in [9.17, 15) is 26.4 Å². The third kappa shape index (κ3) is 3.43. The largest absolute Gasteiger partial charge is 0.511 e. The highest BCUT2D eigenvalue weighted by Crippen LogP contribution is 2.22. The van der Waals surface area contributed by atoms with Crippen LogP contribution < -0.4 is 4.72 Å². The van der Waals surface area contributed by atoms with Gasteiger partial charge in [0, 0.05) is 18.3 Å². The summed E-state index contributed by atoms with van der Waals surface area (Å²) in [7, 11) is -5.71. The van der Waals surface area contributed by atoms with Crippen molar-refractivity contribution in [1.29, 1.82) is 0 Å². The van der Waals surface area contributed by atoms with E-state index in [1.165, 1.54) is 12.5 Å². The summed E-state index contributed by atoms with van der Waals surface area (Å²) in [5, 5.41) is 8.67. The summed E-state index contributed by atoms with van der Waals surface area (Å²) in [6.45, 7) is 0. The van der Waals surface area contributed by atoms with Gasteiger partial charge >= 0.3 is 21.5 Å². The van der Waals surface area contributed by atoms with Crippen LogP contribution in [0.5, 0.6) is 0 Å². The average Bonchev–Trinajstić information content (AvgIpc) is 2.67. The molecule has 0 unspecified atom stereocenters. The number of rotatable bonds is 5. The minimum Gasteiger partial charge on any atom is -0.480 e. The molecule has 0 radical (unpaired) electrons. The highest BCUT2D eigenvalue weighted by molar-refractivity contribution is 7.90. The second kappa shape index (κ2) is 4.94. The molecule has 0 aliphatic rings. The number of nitrogens with one attached hydrogen (secondary N) is 2. The minimum atomic E-state index is -5.71. The fraction of sp³-hybridized carbons (Fsp3) is 0.429. The maximum Gasteiger partial charge on any atom is 0.511 e. The van der Waals surface area contributed by atoms with Crippen LogP contribution >= 0.6 is 0 Å². The van der Waals surface area contributed by atoms with Crippen molar-refractivity contribution in [1.82, 2.24) is 14.7 Å². The summed E-state index contributed by atoms with van der Waals surface area (Å²) in [5.74, 6) is -1.72. The van der Waals surface area contributed by atoms with E-state index in [2.05, 4.69) is 9.97 Å². The normalized spacial score (nSPS) is 14.4. The van der Waals surface area contributed by atoms with Crippen molar-refractivity contribution < 1.29 is 31.5 Å². The maximum atomic E-state index is 12.1. The lowest BCUT2D eigenvalue weighted by Gasteiger charge is -2.15. The minimum absolute atomic E-state index is 0.187. The Bertz CT molecular complexity index is 511. The number of carboxylic acid groups (broad SMARTS) is 1. The number of nitrogens with zero attached hydrogens (tertiary/aromatic N) is 1. The molecule has 0 aliphatic heterocycles. The summed E-state index contributed by atoms with van der Waals surface area (Å²) in [6, 6.07) is -1.93. The number of imidazole rings is 1. The quantitative estimate of drug-likeness (QED) is 0.697. The van der Waals surface area contributed by atoms with Gasteiger partial charge in [-0.3, -0.25) is 4.79 Å². The van der Waals surface area contributed by atoms with Gasteiger partial charge in [0.1, 0.15) is 6.04 Å². The monoisotopic (exact) mass is 287 g/mol. The Balaban J connectivity index is 2.86. The zero-order valence-electron chi connectivity index (χ0n) is 8.60. The van der Waals surface area contributed by atoms with Crippen LogP contribution in [0.25, 0.3) is 0 Å². The number of halogens is 3. The van der Waals surface area contributed by atoms with E-state index in [1.807, 2.05) is 0 Å². The van der Waals surface area contributed by atoms with Crippen LogP contribution in [0.4, 0.5) is 13.2 Å². The summed E-state index contributed by atoms with van der Waals surface area (Å²) >= 11 is 0. The Labute approximate surface area is 99.1 Å². The van der Waals surface area contributed by atoms with Gasteiger partial charge in [-0.25, -0.2) is 13.4 Å². The molecule has 18 heavy (non-hydrogen) atoms. The molecule has 1 rings (SSSR count). The van der Waals surface area contributed by atoms with Crippen LogP contribution in [0.3, 0.4) is 0 Å². The second-order valence-electron chi connectivity index (χ2n) is 3.24. The van der Waals surface area contributed by atoms with Crippen LogP contribution in [-0.2, 0) is 21.2 Å². The van der Waals surface area contributed by atoms with Gasteiger partial charge in [0.15, 0.2) is 0 Å². The van der Waals surface area contributed by atoms with Crippen molar-refractivity contribution in [3.8, 4) is 0 Å². The lowest BCUT2D eigenvalue weighted by Crippen LogP contribution is -2.47. The predicted octanol–water partition coefficient (Wildman–Crippen LogP) is -0.155. The summed E-state index contributed by atoms with van der Waals surface area (Å²) in [6.07, 6.45) is 1.88. The van der Waals surface area contributed by atoms with Gasteiger partial charge < -0.3 is 10.1 Å². The Morgan fingerprint density at radius 2 is 2.17 bits per heavy atom. The molecule has 0 amide bonds. The standard InChI is InChI=1S/C7H8F3N3O4S/c8-7(9,10)18(16,17)13-5(6(14)15)1-4-2-11-3-12-4/h2-3,5,13H,1H2,(H,11,12)(H,14,15)/t5-/m1/s1. The molecule has 102 valence electrons. The number of hydrogen-bond donors (Lipinski definition) is 3. The zero-order chi connectivity index (χ0) is 14.0.